The largest absolute Gasteiger partial charge is 0.497 e. The quantitative estimate of drug-likeness (QED) is 0.353. The number of thioether (sulfide) groups is 1. The predicted octanol–water partition coefficient (Wildman–Crippen LogP) is 3.55. The van der Waals surface area contributed by atoms with Crippen LogP contribution in [0, 0.1) is 0 Å². The van der Waals surface area contributed by atoms with Crippen molar-refractivity contribution >= 4 is 33.9 Å². The lowest BCUT2D eigenvalue weighted by molar-refractivity contribution is 0.415. The van der Waals surface area contributed by atoms with Gasteiger partial charge in [0, 0.05) is 6.07 Å². The second-order valence-corrected chi connectivity index (χ2v) is 7.19. The van der Waals surface area contributed by atoms with E-state index in [0.29, 0.717) is 33.4 Å². The van der Waals surface area contributed by atoms with E-state index in [-0.39, 0.29) is 5.56 Å². The molecule has 0 fully saturated rings. The van der Waals surface area contributed by atoms with Crippen LogP contribution in [0.4, 0.5) is 0 Å². The summed E-state index contributed by atoms with van der Waals surface area (Å²) in [5, 5.41) is 5.22. The van der Waals surface area contributed by atoms with Crippen molar-refractivity contribution in [2.75, 3.05) is 7.11 Å². The monoisotopic (exact) mass is 405 g/mol. The highest BCUT2D eigenvalue weighted by molar-refractivity contribution is 7.98. The van der Waals surface area contributed by atoms with Crippen molar-refractivity contribution in [1.29, 1.82) is 0 Å². The maximum absolute atomic E-state index is 12.5. The van der Waals surface area contributed by atoms with Gasteiger partial charge in [-0.15, -0.1) is 0 Å². The van der Waals surface area contributed by atoms with Crippen LogP contribution in [-0.2, 0) is 5.75 Å². The molecule has 9 heteroatoms. The van der Waals surface area contributed by atoms with Crippen molar-refractivity contribution in [3.05, 3.63) is 71.0 Å². The smallest absolute Gasteiger partial charge is 0.262 e. The number of hydrogen-bond donors (Lipinski definition) is 1. The second kappa shape index (κ2) is 7.10. The maximum atomic E-state index is 12.5. The average Bonchev–Trinajstić information content (AvgIpc) is 3.36. The van der Waals surface area contributed by atoms with Crippen molar-refractivity contribution in [2.24, 2.45) is 0 Å². The fourth-order valence-electron chi connectivity index (χ4n) is 3.00. The van der Waals surface area contributed by atoms with Gasteiger partial charge in [0.1, 0.15) is 16.7 Å². The average molecular weight is 405 g/mol. The normalized spacial score (nSPS) is 11.3. The van der Waals surface area contributed by atoms with Crippen LogP contribution in [-0.4, -0.2) is 31.8 Å². The molecule has 3 heterocycles. The molecule has 0 unspecified atom stereocenters. The standard InChI is InChI=1S/C20H15N5O3S/c1-27-13-7-8-16-15(9-13)22-17(28-16)11-29-20-23-18-14(19(26)24-20)10-21-25(18)12-5-3-2-4-6-12/h2-10H,11H2,1H3,(H,23,24,26). The van der Waals surface area contributed by atoms with Gasteiger partial charge in [-0.25, -0.2) is 14.6 Å². The minimum atomic E-state index is -0.234. The molecule has 8 nitrogen and oxygen atoms in total. The van der Waals surface area contributed by atoms with Gasteiger partial charge in [0.2, 0.25) is 5.89 Å². The van der Waals surface area contributed by atoms with Gasteiger partial charge >= 0.3 is 0 Å². The van der Waals surface area contributed by atoms with Gasteiger partial charge in [-0.2, -0.15) is 5.10 Å². The summed E-state index contributed by atoms with van der Waals surface area (Å²) in [4.78, 5) is 24.3. The Balaban J connectivity index is 1.45. The number of aromatic nitrogens is 5. The van der Waals surface area contributed by atoms with E-state index in [2.05, 4.69) is 20.1 Å². The molecule has 5 rings (SSSR count). The Labute approximate surface area is 168 Å². The van der Waals surface area contributed by atoms with Crippen molar-refractivity contribution in [1.82, 2.24) is 24.7 Å². The molecule has 0 aliphatic carbocycles. The van der Waals surface area contributed by atoms with Crippen LogP contribution in [0.2, 0.25) is 0 Å². The van der Waals surface area contributed by atoms with Crippen molar-refractivity contribution in [3.8, 4) is 11.4 Å². The van der Waals surface area contributed by atoms with Gasteiger partial charge < -0.3 is 14.1 Å². The predicted molar refractivity (Wildman–Crippen MR) is 110 cm³/mol. The summed E-state index contributed by atoms with van der Waals surface area (Å²) in [6, 6.07) is 15.0. The summed E-state index contributed by atoms with van der Waals surface area (Å²) in [5.74, 6) is 1.68. The van der Waals surface area contributed by atoms with Gasteiger partial charge in [-0.05, 0) is 24.3 Å². The number of methoxy groups -OCH3 is 1. The third kappa shape index (κ3) is 3.25. The Morgan fingerprint density at radius 1 is 1.17 bits per heavy atom. The van der Waals surface area contributed by atoms with E-state index < -0.39 is 0 Å². The summed E-state index contributed by atoms with van der Waals surface area (Å²) in [6.07, 6.45) is 1.52. The van der Waals surface area contributed by atoms with E-state index in [1.165, 1.54) is 18.0 Å². The lowest BCUT2D eigenvalue weighted by Crippen LogP contribution is -2.09. The number of aromatic amines is 1. The molecular weight excluding hydrogens is 390 g/mol. The number of fused-ring (bicyclic) bond motifs is 2. The first kappa shape index (κ1) is 17.5. The third-order valence-corrected chi connectivity index (χ3v) is 5.25. The number of nitrogens with one attached hydrogen (secondary N) is 1. The maximum Gasteiger partial charge on any atom is 0.262 e. The zero-order valence-electron chi connectivity index (χ0n) is 15.3. The summed E-state index contributed by atoms with van der Waals surface area (Å²) in [6.45, 7) is 0. The van der Waals surface area contributed by atoms with Crippen molar-refractivity contribution in [2.45, 2.75) is 10.9 Å². The zero-order valence-corrected chi connectivity index (χ0v) is 16.1. The van der Waals surface area contributed by atoms with E-state index in [1.54, 1.807) is 11.8 Å². The summed E-state index contributed by atoms with van der Waals surface area (Å²) in [5.41, 5.74) is 2.51. The molecule has 5 aromatic rings. The fourth-order valence-corrected chi connectivity index (χ4v) is 3.70. The summed E-state index contributed by atoms with van der Waals surface area (Å²) < 4.78 is 12.6. The van der Waals surface area contributed by atoms with Crippen molar-refractivity contribution in [3.63, 3.8) is 0 Å². The highest BCUT2D eigenvalue weighted by Gasteiger charge is 2.13. The number of nitrogens with zero attached hydrogens (tertiary/aromatic N) is 4. The number of oxazole rings is 1. The molecule has 0 saturated carbocycles. The zero-order chi connectivity index (χ0) is 19.8. The van der Waals surface area contributed by atoms with E-state index in [4.69, 9.17) is 9.15 Å². The van der Waals surface area contributed by atoms with Crippen LogP contribution in [0.15, 0.2) is 69.1 Å². The molecule has 1 N–H and O–H groups in total. The lowest BCUT2D eigenvalue weighted by atomic mass is 10.3. The van der Waals surface area contributed by atoms with E-state index in [0.717, 1.165) is 17.0 Å². The molecule has 0 aliphatic heterocycles. The molecule has 2 aromatic carbocycles. The van der Waals surface area contributed by atoms with Gasteiger partial charge in [-0.3, -0.25) is 4.79 Å². The number of ether oxygens (including phenoxy) is 1. The fraction of sp³-hybridized carbons (Fsp3) is 0.100. The van der Waals surface area contributed by atoms with Crippen LogP contribution in [0.5, 0.6) is 5.75 Å². The molecule has 0 atom stereocenters. The van der Waals surface area contributed by atoms with Gasteiger partial charge in [0.25, 0.3) is 5.56 Å². The van der Waals surface area contributed by atoms with Crippen LogP contribution >= 0.6 is 11.8 Å². The van der Waals surface area contributed by atoms with Gasteiger partial charge in [0.05, 0.1) is 24.7 Å². The molecule has 0 saturated heterocycles. The minimum absolute atomic E-state index is 0.234. The molecule has 0 amide bonds. The topological polar surface area (TPSA) is 98.8 Å². The summed E-state index contributed by atoms with van der Waals surface area (Å²) in [7, 11) is 1.61. The molecule has 0 bridgehead atoms. The first-order chi connectivity index (χ1) is 14.2. The lowest BCUT2D eigenvalue weighted by Gasteiger charge is -2.03. The Hall–Kier alpha value is -3.59. The highest BCUT2D eigenvalue weighted by Crippen LogP contribution is 2.25. The first-order valence-electron chi connectivity index (χ1n) is 8.81. The number of H-pyrrole nitrogens is 1. The molecule has 29 heavy (non-hydrogen) atoms. The Morgan fingerprint density at radius 2 is 2.03 bits per heavy atom. The number of rotatable bonds is 5. The highest BCUT2D eigenvalue weighted by atomic mass is 32.2. The molecule has 3 aromatic heterocycles. The van der Waals surface area contributed by atoms with Crippen LogP contribution in [0.3, 0.4) is 0 Å². The van der Waals surface area contributed by atoms with Gasteiger partial charge in [-0.1, -0.05) is 30.0 Å². The number of para-hydroxylation sites is 1. The number of benzene rings is 2. The Morgan fingerprint density at radius 3 is 2.86 bits per heavy atom. The second-order valence-electron chi connectivity index (χ2n) is 6.23. The third-order valence-electron chi connectivity index (χ3n) is 4.39. The Kier molecular flexibility index (Phi) is 4.28. The van der Waals surface area contributed by atoms with Crippen molar-refractivity contribution < 1.29 is 9.15 Å². The molecule has 0 radical (unpaired) electrons. The Bertz CT molecular complexity index is 1370. The van der Waals surface area contributed by atoms with Crippen LogP contribution < -0.4 is 10.3 Å². The van der Waals surface area contributed by atoms with E-state index >= 15 is 0 Å². The minimum Gasteiger partial charge on any atom is -0.497 e. The molecule has 0 spiro atoms. The first-order valence-corrected chi connectivity index (χ1v) is 9.79. The van der Waals surface area contributed by atoms with E-state index in [9.17, 15) is 4.79 Å². The van der Waals surface area contributed by atoms with Gasteiger partial charge in [0.15, 0.2) is 16.4 Å². The van der Waals surface area contributed by atoms with E-state index in [1.807, 2.05) is 48.5 Å². The van der Waals surface area contributed by atoms with Crippen LogP contribution in [0.1, 0.15) is 5.89 Å². The summed E-state index contributed by atoms with van der Waals surface area (Å²) >= 11 is 1.34. The molecular formula is C20H15N5O3S. The van der Waals surface area contributed by atoms with Crippen LogP contribution in [0.25, 0.3) is 27.8 Å². The molecule has 0 aliphatic rings. The SMILES string of the molecule is COc1ccc2oc(CSc3nc4c(cnn4-c4ccccc4)c(=O)[nH]3)nc2c1. The molecule has 144 valence electrons. The number of hydrogen-bond acceptors (Lipinski definition) is 7.